The molecule has 2 fully saturated rings. The summed E-state index contributed by atoms with van der Waals surface area (Å²) < 4.78 is 16.6. The predicted molar refractivity (Wildman–Crippen MR) is 72.3 cm³/mol. The maximum Gasteiger partial charge on any atom is 0.230 e. The Morgan fingerprint density at radius 3 is 3.20 bits per heavy atom. The lowest BCUT2D eigenvalue weighted by Gasteiger charge is -2.39. The number of hydrogen-bond acceptors (Lipinski definition) is 4. The number of rotatable bonds is 3. The van der Waals surface area contributed by atoms with E-state index in [0.29, 0.717) is 19.6 Å². The van der Waals surface area contributed by atoms with Crippen molar-refractivity contribution in [2.24, 2.45) is 0 Å². The van der Waals surface area contributed by atoms with Crippen molar-refractivity contribution >= 4 is 5.91 Å². The molecular weight excluding hydrogens is 258 g/mol. The summed E-state index contributed by atoms with van der Waals surface area (Å²) in [7, 11) is 1.72. The number of carbonyl (C=O) groups is 1. The molecule has 3 rings (SSSR count). The van der Waals surface area contributed by atoms with Gasteiger partial charge in [-0.15, -0.1) is 0 Å². The van der Waals surface area contributed by atoms with E-state index in [2.05, 4.69) is 0 Å². The second-order valence-electron chi connectivity index (χ2n) is 5.73. The topological polar surface area (TPSA) is 51.9 Å². The first-order valence-corrected chi connectivity index (χ1v) is 7.18. The second kappa shape index (κ2) is 5.58. The van der Waals surface area contributed by atoms with Gasteiger partial charge in [-0.3, -0.25) is 4.79 Å². The smallest absolute Gasteiger partial charge is 0.230 e. The van der Waals surface area contributed by atoms with Crippen LogP contribution < -0.4 is 0 Å². The average Bonchev–Trinajstić information content (AvgIpc) is 3.09. The van der Waals surface area contributed by atoms with E-state index >= 15 is 0 Å². The van der Waals surface area contributed by atoms with Gasteiger partial charge in [0.15, 0.2) is 0 Å². The molecule has 5 nitrogen and oxygen atoms in total. The number of amides is 1. The largest absolute Gasteiger partial charge is 0.469 e. The van der Waals surface area contributed by atoms with Crippen molar-refractivity contribution in [3.8, 4) is 0 Å². The second-order valence-corrected chi connectivity index (χ2v) is 5.73. The third-order valence-electron chi connectivity index (χ3n) is 4.31. The lowest BCUT2D eigenvalue weighted by Crippen LogP contribution is -2.50. The Labute approximate surface area is 118 Å². The van der Waals surface area contributed by atoms with Gasteiger partial charge in [0.05, 0.1) is 31.0 Å². The number of carbonyl (C=O) groups excluding carboxylic acids is 1. The minimum absolute atomic E-state index is 0.114. The van der Waals surface area contributed by atoms with Gasteiger partial charge in [0, 0.05) is 26.6 Å². The van der Waals surface area contributed by atoms with Crippen LogP contribution in [0.1, 0.15) is 25.0 Å². The van der Waals surface area contributed by atoms with E-state index in [0.717, 1.165) is 31.6 Å². The van der Waals surface area contributed by atoms with Crippen LogP contribution in [-0.2, 0) is 20.7 Å². The molecule has 2 atom stereocenters. The fourth-order valence-corrected chi connectivity index (χ4v) is 3.22. The fraction of sp³-hybridized carbons (Fsp3) is 0.667. The van der Waals surface area contributed by atoms with Gasteiger partial charge in [0.25, 0.3) is 0 Å². The normalized spacial score (nSPS) is 30.1. The van der Waals surface area contributed by atoms with Gasteiger partial charge in [-0.05, 0) is 25.0 Å². The van der Waals surface area contributed by atoms with E-state index in [1.165, 1.54) is 0 Å². The molecule has 2 saturated heterocycles. The zero-order chi connectivity index (χ0) is 14.0. The maximum absolute atomic E-state index is 12.3. The molecule has 1 amide bonds. The molecule has 0 aliphatic carbocycles. The summed E-state index contributed by atoms with van der Waals surface area (Å²) >= 11 is 0. The first-order chi connectivity index (χ1) is 9.71. The average molecular weight is 279 g/mol. The Morgan fingerprint density at radius 2 is 2.50 bits per heavy atom. The number of hydrogen-bond donors (Lipinski definition) is 0. The molecule has 5 heteroatoms. The molecule has 1 aromatic rings. The van der Waals surface area contributed by atoms with Crippen LogP contribution in [0.5, 0.6) is 0 Å². The minimum Gasteiger partial charge on any atom is -0.469 e. The number of methoxy groups -OCH3 is 1. The van der Waals surface area contributed by atoms with E-state index < -0.39 is 0 Å². The Bertz CT molecular complexity index is 458. The lowest BCUT2D eigenvalue weighted by atomic mass is 9.89. The van der Waals surface area contributed by atoms with Gasteiger partial charge >= 0.3 is 0 Å². The highest BCUT2D eigenvalue weighted by atomic mass is 16.6. The van der Waals surface area contributed by atoms with Gasteiger partial charge in [0.2, 0.25) is 5.91 Å². The summed E-state index contributed by atoms with van der Waals surface area (Å²) in [6, 6.07) is 3.65. The fourth-order valence-electron chi connectivity index (χ4n) is 3.22. The Hall–Kier alpha value is -1.33. The molecule has 0 unspecified atom stereocenters. The van der Waals surface area contributed by atoms with Crippen LogP contribution in [0.4, 0.5) is 0 Å². The lowest BCUT2D eigenvalue weighted by molar-refractivity contribution is -0.138. The molecule has 1 aromatic heterocycles. The molecule has 2 aliphatic heterocycles. The Kier molecular flexibility index (Phi) is 3.81. The van der Waals surface area contributed by atoms with Crippen molar-refractivity contribution < 1.29 is 18.7 Å². The van der Waals surface area contributed by atoms with Gasteiger partial charge in [0.1, 0.15) is 5.76 Å². The highest BCUT2D eigenvalue weighted by Crippen LogP contribution is 2.35. The van der Waals surface area contributed by atoms with Crippen molar-refractivity contribution in [1.29, 1.82) is 0 Å². The summed E-state index contributed by atoms with van der Waals surface area (Å²) in [6.45, 7) is 2.12. The van der Waals surface area contributed by atoms with Crippen molar-refractivity contribution in [1.82, 2.24) is 4.90 Å². The molecule has 2 aliphatic rings. The molecule has 3 heterocycles. The van der Waals surface area contributed by atoms with Crippen LogP contribution in [0.3, 0.4) is 0 Å². The van der Waals surface area contributed by atoms with Crippen molar-refractivity contribution in [2.45, 2.75) is 37.4 Å². The van der Waals surface area contributed by atoms with Gasteiger partial charge in [-0.2, -0.15) is 0 Å². The third-order valence-corrected chi connectivity index (χ3v) is 4.31. The first kappa shape index (κ1) is 13.6. The van der Waals surface area contributed by atoms with Gasteiger partial charge in [-0.1, -0.05) is 0 Å². The third kappa shape index (κ3) is 2.74. The highest BCUT2D eigenvalue weighted by Gasteiger charge is 2.44. The Morgan fingerprint density at radius 1 is 1.60 bits per heavy atom. The molecule has 0 saturated carbocycles. The molecule has 110 valence electrons. The van der Waals surface area contributed by atoms with Crippen LogP contribution in [0.2, 0.25) is 0 Å². The summed E-state index contributed by atoms with van der Waals surface area (Å²) in [4.78, 5) is 14.2. The SMILES string of the molecule is CO[C@@H]1CO[C@@]2(CCCN(C(=O)Cc3ccco3)C2)C1. The quantitative estimate of drug-likeness (QED) is 0.843. The summed E-state index contributed by atoms with van der Waals surface area (Å²) in [5.74, 6) is 0.834. The molecule has 0 bridgehead atoms. The molecule has 20 heavy (non-hydrogen) atoms. The summed E-state index contributed by atoms with van der Waals surface area (Å²) in [5, 5.41) is 0. The minimum atomic E-state index is -0.197. The predicted octanol–water partition coefficient (Wildman–Crippen LogP) is 1.62. The number of furan rings is 1. The number of likely N-dealkylation sites (tertiary alicyclic amines) is 1. The van der Waals surface area contributed by atoms with Gasteiger partial charge in [-0.25, -0.2) is 0 Å². The van der Waals surface area contributed by atoms with E-state index in [1.54, 1.807) is 13.4 Å². The number of piperidine rings is 1. The molecule has 0 aromatic carbocycles. The standard InChI is InChI=1S/C15H21NO4/c1-18-13-9-15(20-10-13)5-3-6-16(11-15)14(17)8-12-4-2-7-19-12/h2,4,7,13H,3,5-6,8-11H2,1H3/t13-,15-/m0/s1. The zero-order valence-electron chi connectivity index (χ0n) is 11.8. The molecule has 0 radical (unpaired) electrons. The molecular formula is C15H21NO4. The zero-order valence-corrected chi connectivity index (χ0v) is 11.8. The molecule has 1 spiro atoms. The van der Waals surface area contributed by atoms with Crippen LogP contribution in [0, 0.1) is 0 Å². The van der Waals surface area contributed by atoms with Crippen LogP contribution in [0.15, 0.2) is 22.8 Å². The van der Waals surface area contributed by atoms with Crippen molar-refractivity contribution in [2.75, 3.05) is 26.8 Å². The summed E-state index contributed by atoms with van der Waals surface area (Å²) in [5.41, 5.74) is -0.197. The maximum atomic E-state index is 12.3. The van der Waals surface area contributed by atoms with E-state index in [1.807, 2.05) is 17.0 Å². The number of nitrogens with zero attached hydrogens (tertiary/aromatic N) is 1. The van der Waals surface area contributed by atoms with Crippen LogP contribution >= 0.6 is 0 Å². The summed E-state index contributed by atoms with van der Waals surface area (Å²) in [6.07, 6.45) is 4.97. The van der Waals surface area contributed by atoms with Crippen LogP contribution in [-0.4, -0.2) is 49.3 Å². The van der Waals surface area contributed by atoms with E-state index in [-0.39, 0.29) is 17.6 Å². The Balaban J connectivity index is 1.62. The van der Waals surface area contributed by atoms with Crippen LogP contribution in [0.25, 0.3) is 0 Å². The molecule has 0 N–H and O–H groups in total. The number of ether oxygens (including phenoxy) is 2. The monoisotopic (exact) mass is 279 g/mol. The highest BCUT2D eigenvalue weighted by molar-refractivity contribution is 5.78. The first-order valence-electron chi connectivity index (χ1n) is 7.18. The van der Waals surface area contributed by atoms with E-state index in [9.17, 15) is 4.79 Å². The van der Waals surface area contributed by atoms with Gasteiger partial charge < -0.3 is 18.8 Å². The van der Waals surface area contributed by atoms with Crippen molar-refractivity contribution in [3.05, 3.63) is 24.2 Å². The van der Waals surface area contributed by atoms with Crippen molar-refractivity contribution in [3.63, 3.8) is 0 Å². The van der Waals surface area contributed by atoms with E-state index in [4.69, 9.17) is 13.9 Å².